The van der Waals surface area contributed by atoms with Crippen LogP contribution in [0, 0.1) is 6.92 Å². The van der Waals surface area contributed by atoms with E-state index in [2.05, 4.69) is 25.3 Å². The molecule has 0 saturated heterocycles. The van der Waals surface area contributed by atoms with Crippen molar-refractivity contribution in [1.82, 2.24) is 9.97 Å². The van der Waals surface area contributed by atoms with Gasteiger partial charge in [0.05, 0.1) is 5.41 Å². The van der Waals surface area contributed by atoms with Gasteiger partial charge in [-0.2, -0.15) is 4.98 Å². The third-order valence-electron chi connectivity index (χ3n) is 3.85. The zero-order valence-electron chi connectivity index (χ0n) is 16.3. The van der Waals surface area contributed by atoms with Crippen molar-refractivity contribution in [2.45, 2.75) is 13.8 Å². The maximum atomic E-state index is 12.2. The molecule has 3 N–H and O–H groups in total. The molecule has 0 amide bonds. The molecule has 1 heterocycles. The van der Waals surface area contributed by atoms with E-state index in [0.717, 1.165) is 28.9 Å². The highest BCUT2D eigenvalue weighted by Crippen LogP contribution is 2.20. The molecule has 7 nitrogen and oxygen atoms in total. The van der Waals surface area contributed by atoms with Gasteiger partial charge in [0.15, 0.2) is 0 Å². The predicted molar refractivity (Wildman–Crippen MR) is 119 cm³/mol. The second-order valence-corrected chi connectivity index (χ2v) is 7.88. The molecule has 0 aliphatic rings. The molecule has 0 saturated carbocycles. The molecule has 0 aliphatic carbocycles. The first-order valence-electron chi connectivity index (χ1n) is 9.16. The zero-order valence-corrected chi connectivity index (χ0v) is 17.1. The number of aromatic nitrogens is 2. The van der Waals surface area contributed by atoms with Gasteiger partial charge in [-0.25, -0.2) is 13.4 Å². The average Bonchev–Trinajstić information content (AvgIpc) is 2.68. The minimum atomic E-state index is -3.60. The van der Waals surface area contributed by atoms with Crippen LogP contribution in [0.15, 0.2) is 66.1 Å². The summed E-state index contributed by atoms with van der Waals surface area (Å²) in [6.07, 6.45) is 1.55. The fourth-order valence-electron chi connectivity index (χ4n) is 2.57. The monoisotopic (exact) mass is 409 g/mol. The zero-order chi connectivity index (χ0) is 20.7. The average molecular weight is 410 g/mol. The molecule has 29 heavy (non-hydrogen) atoms. The summed E-state index contributed by atoms with van der Waals surface area (Å²) in [5, 5.41) is 7.44. The summed E-state index contributed by atoms with van der Waals surface area (Å²) in [7, 11) is -3.60. The summed E-state index contributed by atoms with van der Waals surface area (Å²) in [6.45, 7) is 4.61. The van der Waals surface area contributed by atoms with Crippen LogP contribution in [0.2, 0.25) is 0 Å². The first-order valence-corrected chi connectivity index (χ1v) is 10.7. The quantitative estimate of drug-likeness (QED) is 0.511. The van der Waals surface area contributed by atoms with Gasteiger partial charge in [-0.1, -0.05) is 30.3 Å². The van der Waals surface area contributed by atoms with Gasteiger partial charge in [0.25, 0.3) is 10.0 Å². The fourth-order valence-corrected chi connectivity index (χ4v) is 3.44. The van der Waals surface area contributed by atoms with E-state index in [1.165, 1.54) is 0 Å². The van der Waals surface area contributed by atoms with Crippen molar-refractivity contribution >= 4 is 39.2 Å². The fraction of sp³-hybridized carbons (Fsp3) is 0.143. The molecule has 0 fully saturated rings. The molecule has 0 bridgehead atoms. The van der Waals surface area contributed by atoms with Crippen molar-refractivity contribution in [2.75, 3.05) is 21.9 Å². The van der Waals surface area contributed by atoms with Gasteiger partial charge in [-0.15, -0.1) is 0 Å². The SMILES string of the molecule is CCNc1nc(C)cc(Nc2ccc(NS(=O)(=O)/C=C/c3ccccc3)cc2)n1. The largest absolute Gasteiger partial charge is 0.354 e. The maximum Gasteiger partial charge on any atom is 0.255 e. The topological polar surface area (TPSA) is 96.0 Å². The Bertz CT molecular complexity index is 1080. The molecule has 0 unspecified atom stereocenters. The lowest BCUT2D eigenvalue weighted by Crippen LogP contribution is -2.08. The van der Waals surface area contributed by atoms with Gasteiger partial charge in [0, 0.05) is 29.7 Å². The molecule has 0 aliphatic heterocycles. The Hall–Kier alpha value is -3.39. The highest BCUT2D eigenvalue weighted by Gasteiger charge is 2.06. The highest BCUT2D eigenvalue weighted by atomic mass is 32.2. The van der Waals surface area contributed by atoms with E-state index in [9.17, 15) is 8.42 Å². The Morgan fingerprint density at radius 3 is 2.34 bits per heavy atom. The normalized spacial score (nSPS) is 11.4. The Kier molecular flexibility index (Phi) is 6.46. The van der Waals surface area contributed by atoms with E-state index in [1.54, 1.807) is 30.3 Å². The Morgan fingerprint density at radius 2 is 1.66 bits per heavy atom. The van der Waals surface area contributed by atoms with Crippen LogP contribution in [0.3, 0.4) is 0 Å². The molecule has 0 radical (unpaired) electrons. The van der Waals surface area contributed by atoms with Crippen molar-refractivity contribution in [3.05, 3.63) is 77.3 Å². The van der Waals surface area contributed by atoms with Gasteiger partial charge in [0.2, 0.25) is 5.95 Å². The van der Waals surface area contributed by atoms with E-state index >= 15 is 0 Å². The molecule has 8 heteroatoms. The van der Waals surface area contributed by atoms with E-state index in [1.807, 2.05) is 50.2 Å². The van der Waals surface area contributed by atoms with Crippen LogP contribution in [0.1, 0.15) is 18.2 Å². The predicted octanol–water partition coefficient (Wildman–Crippen LogP) is 4.37. The molecule has 1 aromatic heterocycles. The lowest BCUT2D eigenvalue weighted by atomic mass is 10.2. The van der Waals surface area contributed by atoms with Crippen LogP contribution >= 0.6 is 0 Å². The second kappa shape index (κ2) is 9.20. The van der Waals surface area contributed by atoms with E-state index < -0.39 is 10.0 Å². The van der Waals surface area contributed by atoms with Crippen LogP contribution in [-0.4, -0.2) is 24.9 Å². The summed E-state index contributed by atoms with van der Waals surface area (Å²) < 4.78 is 27.0. The standard InChI is InChI=1S/C21H23N5O2S/c1-3-22-21-23-16(2)15-20(25-21)24-18-9-11-19(12-10-18)26-29(27,28)14-13-17-7-5-4-6-8-17/h4-15,26H,3H2,1-2H3,(H2,22,23,24,25)/b14-13+. The molecule has 0 atom stereocenters. The van der Waals surface area contributed by atoms with Crippen molar-refractivity contribution in [2.24, 2.45) is 0 Å². The van der Waals surface area contributed by atoms with Gasteiger partial charge in [0.1, 0.15) is 5.82 Å². The minimum absolute atomic E-state index is 0.473. The van der Waals surface area contributed by atoms with Crippen molar-refractivity contribution < 1.29 is 8.42 Å². The molecular weight excluding hydrogens is 386 g/mol. The number of sulfonamides is 1. The lowest BCUT2D eigenvalue weighted by molar-refractivity contribution is 0.609. The summed E-state index contributed by atoms with van der Waals surface area (Å²) in [5.41, 5.74) is 2.91. The van der Waals surface area contributed by atoms with Gasteiger partial charge >= 0.3 is 0 Å². The van der Waals surface area contributed by atoms with Crippen molar-refractivity contribution in [3.63, 3.8) is 0 Å². The molecule has 3 rings (SSSR count). The summed E-state index contributed by atoms with van der Waals surface area (Å²) in [5.74, 6) is 1.22. The molecule has 0 spiro atoms. The number of anilines is 4. The molecule has 150 valence electrons. The third-order valence-corrected chi connectivity index (χ3v) is 4.86. The summed E-state index contributed by atoms with van der Waals surface area (Å²) in [4.78, 5) is 8.71. The van der Waals surface area contributed by atoms with E-state index in [4.69, 9.17) is 0 Å². The number of hydrogen-bond acceptors (Lipinski definition) is 6. The summed E-state index contributed by atoms with van der Waals surface area (Å²) >= 11 is 0. The van der Waals surface area contributed by atoms with Gasteiger partial charge in [-0.05, 0) is 49.8 Å². The summed E-state index contributed by atoms with van der Waals surface area (Å²) in [6, 6.07) is 18.0. The number of nitrogens with one attached hydrogen (secondary N) is 3. The minimum Gasteiger partial charge on any atom is -0.354 e. The first kappa shape index (κ1) is 20.3. The van der Waals surface area contributed by atoms with E-state index in [-0.39, 0.29) is 0 Å². The van der Waals surface area contributed by atoms with Crippen LogP contribution in [0.25, 0.3) is 6.08 Å². The number of aryl methyl sites for hydroxylation is 1. The molecule has 2 aromatic carbocycles. The molecular formula is C21H23N5O2S. The van der Waals surface area contributed by atoms with Gasteiger partial charge < -0.3 is 10.6 Å². The van der Waals surface area contributed by atoms with Crippen LogP contribution in [-0.2, 0) is 10.0 Å². The Labute approximate surface area is 171 Å². The number of benzene rings is 2. The second-order valence-electron chi connectivity index (χ2n) is 6.31. The number of rotatable bonds is 8. The van der Waals surface area contributed by atoms with Crippen LogP contribution in [0.4, 0.5) is 23.1 Å². The third kappa shape index (κ3) is 6.32. The lowest BCUT2D eigenvalue weighted by Gasteiger charge is -2.10. The highest BCUT2D eigenvalue weighted by molar-refractivity contribution is 7.95. The van der Waals surface area contributed by atoms with Crippen LogP contribution in [0.5, 0.6) is 0 Å². The van der Waals surface area contributed by atoms with Gasteiger partial charge in [-0.3, -0.25) is 4.72 Å². The van der Waals surface area contributed by atoms with Crippen molar-refractivity contribution in [3.8, 4) is 0 Å². The van der Waals surface area contributed by atoms with Crippen LogP contribution < -0.4 is 15.4 Å². The Balaban J connectivity index is 1.66. The first-order chi connectivity index (χ1) is 13.9. The number of hydrogen-bond donors (Lipinski definition) is 3. The maximum absolute atomic E-state index is 12.2. The number of nitrogens with zero attached hydrogens (tertiary/aromatic N) is 2. The van der Waals surface area contributed by atoms with E-state index in [0.29, 0.717) is 17.5 Å². The Morgan fingerprint density at radius 1 is 0.966 bits per heavy atom. The molecule has 3 aromatic rings. The smallest absolute Gasteiger partial charge is 0.255 e. The van der Waals surface area contributed by atoms with Crippen molar-refractivity contribution in [1.29, 1.82) is 0 Å².